The van der Waals surface area contributed by atoms with Gasteiger partial charge < -0.3 is 49.1 Å². The van der Waals surface area contributed by atoms with Crippen LogP contribution in [-0.2, 0) is 33.6 Å². The van der Waals surface area contributed by atoms with E-state index in [4.69, 9.17) is 28.0 Å². The van der Waals surface area contributed by atoms with Crippen molar-refractivity contribution in [2.24, 2.45) is 22.9 Å². The number of carboxylic acid groups (broad SMARTS) is 2. The first-order chi connectivity index (χ1) is 16.3. The number of aliphatic carboxylic acids is 2. The van der Waals surface area contributed by atoms with Crippen molar-refractivity contribution < 1.29 is 43.8 Å². The predicted octanol–water partition coefficient (Wildman–Crippen LogP) is -4.40. The Kier molecular flexibility index (Phi) is 14.2. The lowest BCUT2D eigenvalue weighted by Crippen LogP contribution is -2.58. The summed E-state index contributed by atoms with van der Waals surface area (Å²) in [5.41, 5.74) is 21.4. The number of rotatable bonds is 18. The molecule has 0 radical (unpaired) electrons. The third-order valence-electron chi connectivity index (χ3n) is 4.64. The summed E-state index contributed by atoms with van der Waals surface area (Å²) < 4.78 is 0. The third kappa shape index (κ3) is 13.5. The second-order valence-corrected chi connectivity index (χ2v) is 7.69. The highest BCUT2D eigenvalue weighted by atomic mass is 16.4. The molecule has 0 aliphatic rings. The summed E-state index contributed by atoms with van der Waals surface area (Å²) >= 11 is 0. The van der Waals surface area contributed by atoms with Crippen LogP contribution in [0.2, 0.25) is 0 Å². The Labute approximate surface area is 200 Å². The van der Waals surface area contributed by atoms with E-state index in [1.165, 1.54) is 0 Å². The maximum atomic E-state index is 12.7. The number of carbonyl (C=O) groups excluding carboxylic acids is 5. The van der Waals surface area contributed by atoms with Gasteiger partial charge in [-0.2, -0.15) is 0 Å². The van der Waals surface area contributed by atoms with Crippen molar-refractivity contribution in [3.05, 3.63) is 0 Å². The summed E-state index contributed by atoms with van der Waals surface area (Å²) in [4.78, 5) is 82.4. The number of nitrogens with one attached hydrogen (secondary N) is 3. The van der Waals surface area contributed by atoms with E-state index in [0.29, 0.717) is 19.4 Å². The molecule has 0 aromatic carbocycles. The molecular formula is C19H33N7O9. The molecule has 5 amide bonds. The minimum atomic E-state index is -1.70. The molecule has 0 heterocycles. The fourth-order valence-electron chi connectivity index (χ4n) is 2.81. The first-order valence-corrected chi connectivity index (χ1v) is 10.7. The molecule has 198 valence electrons. The standard InChI is InChI=1S/C19H33N7O9/c20-6-2-1-3-9(21)16(31)25-11(7-13(22)27)18(33)26-12(8-14(23)28)17(32)24-10(19(34)35)4-5-15(29)30/h9-12H,1-8,20-21H2,(H2,22,27)(H2,23,28)(H,24,32)(H,25,31)(H,26,33)(H,29,30)(H,34,35). The minimum absolute atomic E-state index is 0.244. The topological polar surface area (TPSA) is 300 Å². The van der Waals surface area contributed by atoms with Crippen molar-refractivity contribution >= 4 is 41.5 Å². The number of hydrogen-bond acceptors (Lipinski definition) is 9. The molecule has 16 heteroatoms. The quantitative estimate of drug-likeness (QED) is 0.0804. The Morgan fingerprint density at radius 1 is 0.686 bits per heavy atom. The Bertz CT molecular complexity index is 806. The molecule has 0 fully saturated rings. The van der Waals surface area contributed by atoms with Crippen molar-refractivity contribution in [3.63, 3.8) is 0 Å². The van der Waals surface area contributed by atoms with Gasteiger partial charge in [0.2, 0.25) is 29.5 Å². The molecular weight excluding hydrogens is 470 g/mol. The molecule has 0 saturated carbocycles. The summed E-state index contributed by atoms with van der Waals surface area (Å²) in [6.45, 7) is 0.392. The van der Waals surface area contributed by atoms with Crippen molar-refractivity contribution in [1.82, 2.24) is 16.0 Å². The summed E-state index contributed by atoms with van der Waals surface area (Å²) in [7, 11) is 0. The van der Waals surface area contributed by atoms with E-state index < -0.39 is 91.3 Å². The minimum Gasteiger partial charge on any atom is -0.481 e. The van der Waals surface area contributed by atoms with Crippen molar-refractivity contribution in [2.45, 2.75) is 69.1 Å². The van der Waals surface area contributed by atoms with Gasteiger partial charge >= 0.3 is 11.9 Å². The van der Waals surface area contributed by atoms with Crippen LogP contribution in [0, 0.1) is 0 Å². The largest absolute Gasteiger partial charge is 0.481 e. The molecule has 0 saturated heterocycles. The van der Waals surface area contributed by atoms with E-state index in [1.807, 2.05) is 5.32 Å². The van der Waals surface area contributed by atoms with Crippen LogP contribution in [0.5, 0.6) is 0 Å². The molecule has 13 N–H and O–H groups in total. The van der Waals surface area contributed by atoms with Crippen LogP contribution in [-0.4, -0.2) is 82.4 Å². The second-order valence-electron chi connectivity index (χ2n) is 7.69. The van der Waals surface area contributed by atoms with Gasteiger partial charge in [0.05, 0.1) is 18.9 Å². The van der Waals surface area contributed by atoms with Gasteiger partial charge in [0.25, 0.3) is 0 Å². The first kappa shape index (κ1) is 31.2. The van der Waals surface area contributed by atoms with Crippen LogP contribution in [0.3, 0.4) is 0 Å². The Hall–Kier alpha value is -3.79. The van der Waals surface area contributed by atoms with E-state index in [1.54, 1.807) is 0 Å². The van der Waals surface area contributed by atoms with Crippen LogP contribution in [0.4, 0.5) is 0 Å². The first-order valence-electron chi connectivity index (χ1n) is 10.7. The van der Waals surface area contributed by atoms with Crippen molar-refractivity contribution in [1.29, 1.82) is 0 Å². The smallest absolute Gasteiger partial charge is 0.326 e. The van der Waals surface area contributed by atoms with Gasteiger partial charge in [-0.25, -0.2) is 4.79 Å². The Balaban J connectivity index is 5.47. The molecule has 4 atom stereocenters. The summed E-state index contributed by atoms with van der Waals surface area (Å²) in [5.74, 6) is -7.90. The number of carboxylic acids is 2. The fraction of sp³-hybridized carbons (Fsp3) is 0.632. The van der Waals surface area contributed by atoms with Gasteiger partial charge in [0, 0.05) is 6.42 Å². The van der Waals surface area contributed by atoms with Gasteiger partial charge in [0.1, 0.15) is 18.1 Å². The summed E-state index contributed by atoms with van der Waals surface area (Å²) in [6.07, 6.45) is -1.11. The molecule has 4 unspecified atom stereocenters. The number of nitrogens with two attached hydrogens (primary N) is 4. The molecule has 0 rings (SSSR count). The number of primary amides is 2. The maximum absolute atomic E-state index is 12.7. The summed E-state index contributed by atoms with van der Waals surface area (Å²) in [5, 5.41) is 24.3. The predicted molar refractivity (Wildman–Crippen MR) is 119 cm³/mol. The van der Waals surface area contributed by atoms with Gasteiger partial charge in [-0.15, -0.1) is 0 Å². The van der Waals surface area contributed by atoms with Crippen LogP contribution < -0.4 is 38.9 Å². The third-order valence-corrected chi connectivity index (χ3v) is 4.64. The highest BCUT2D eigenvalue weighted by molar-refractivity contribution is 5.97. The van der Waals surface area contributed by atoms with E-state index in [-0.39, 0.29) is 6.42 Å². The SMILES string of the molecule is NCCCCC(N)C(=O)NC(CC(N)=O)C(=O)NC(CC(N)=O)C(=O)NC(CCC(=O)O)C(=O)O. The number of hydrogen-bond donors (Lipinski definition) is 9. The molecule has 0 aromatic rings. The van der Waals surface area contributed by atoms with E-state index in [2.05, 4.69) is 10.6 Å². The van der Waals surface area contributed by atoms with E-state index in [9.17, 15) is 38.7 Å². The molecule has 0 bridgehead atoms. The fourth-order valence-corrected chi connectivity index (χ4v) is 2.81. The van der Waals surface area contributed by atoms with Crippen molar-refractivity contribution in [2.75, 3.05) is 6.54 Å². The zero-order valence-electron chi connectivity index (χ0n) is 19.0. The molecule has 0 aliphatic carbocycles. The van der Waals surface area contributed by atoms with Gasteiger partial charge in [-0.3, -0.25) is 28.8 Å². The Morgan fingerprint density at radius 2 is 1.14 bits per heavy atom. The Morgan fingerprint density at radius 3 is 1.54 bits per heavy atom. The van der Waals surface area contributed by atoms with Gasteiger partial charge in [-0.05, 0) is 25.8 Å². The second kappa shape index (κ2) is 15.9. The summed E-state index contributed by atoms with van der Waals surface area (Å²) in [6, 6.07) is -5.93. The molecule has 0 aliphatic heterocycles. The normalized spacial score (nSPS) is 14.0. The van der Waals surface area contributed by atoms with Crippen LogP contribution in [0.1, 0.15) is 44.9 Å². The molecule has 16 nitrogen and oxygen atoms in total. The lowest BCUT2D eigenvalue weighted by atomic mass is 10.1. The highest BCUT2D eigenvalue weighted by Gasteiger charge is 2.32. The lowest BCUT2D eigenvalue weighted by Gasteiger charge is -2.24. The van der Waals surface area contributed by atoms with Crippen LogP contribution in [0.25, 0.3) is 0 Å². The maximum Gasteiger partial charge on any atom is 0.326 e. The van der Waals surface area contributed by atoms with Crippen molar-refractivity contribution in [3.8, 4) is 0 Å². The zero-order chi connectivity index (χ0) is 27.1. The van der Waals surface area contributed by atoms with E-state index in [0.717, 1.165) is 0 Å². The molecule has 0 spiro atoms. The van der Waals surface area contributed by atoms with Crippen LogP contribution >= 0.6 is 0 Å². The zero-order valence-corrected chi connectivity index (χ0v) is 19.0. The molecule has 0 aromatic heterocycles. The van der Waals surface area contributed by atoms with E-state index >= 15 is 0 Å². The van der Waals surface area contributed by atoms with Gasteiger partial charge in [-0.1, -0.05) is 6.42 Å². The number of amides is 5. The number of carbonyl (C=O) groups is 7. The lowest BCUT2D eigenvalue weighted by molar-refractivity contribution is -0.143. The molecule has 35 heavy (non-hydrogen) atoms. The monoisotopic (exact) mass is 503 g/mol. The highest BCUT2D eigenvalue weighted by Crippen LogP contribution is 2.04. The average molecular weight is 504 g/mol. The number of unbranched alkanes of at least 4 members (excludes halogenated alkanes) is 1. The average Bonchev–Trinajstić information content (AvgIpc) is 2.74. The van der Waals surface area contributed by atoms with Crippen LogP contribution in [0.15, 0.2) is 0 Å². The van der Waals surface area contributed by atoms with Gasteiger partial charge in [0.15, 0.2) is 0 Å².